The maximum Gasteiger partial charge on any atom is 0.316 e. The number of hydrogen-bond acceptors (Lipinski definition) is 4. The van der Waals surface area contributed by atoms with Gasteiger partial charge in [0.25, 0.3) is 0 Å². The summed E-state index contributed by atoms with van der Waals surface area (Å²) in [6.45, 7) is 2.19. The van der Waals surface area contributed by atoms with E-state index in [-0.39, 0.29) is 11.7 Å². The van der Waals surface area contributed by atoms with Crippen molar-refractivity contribution in [3.63, 3.8) is 0 Å². The second-order valence-electron chi connectivity index (χ2n) is 2.89. The first-order valence-corrected chi connectivity index (χ1v) is 6.15. The molecule has 16 heavy (non-hydrogen) atoms. The van der Waals surface area contributed by atoms with Gasteiger partial charge in [-0.3, -0.25) is 4.79 Å². The fourth-order valence-corrected chi connectivity index (χ4v) is 2.14. The van der Waals surface area contributed by atoms with Gasteiger partial charge in [-0.15, -0.1) is 11.8 Å². The van der Waals surface area contributed by atoms with Gasteiger partial charge in [0.2, 0.25) is 0 Å². The Morgan fingerprint density at radius 2 is 2.25 bits per heavy atom. The van der Waals surface area contributed by atoms with E-state index in [0.717, 1.165) is 4.90 Å². The molecule has 0 heterocycles. The molecule has 3 nitrogen and oxygen atoms in total. The van der Waals surface area contributed by atoms with Gasteiger partial charge in [0.1, 0.15) is 5.75 Å². The largest absolute Gasteiger partial charge is 0.495 e. The number of methoxy groups -OCH3 is 1. The maximum absolute atomic E-state index is 11.1. The molecular formula is C11H13ClO3S. The molecule has 5 heteroatoms. The monoisotopic (exact) mass is 260 g/mol. The standard InChI is InChI=1S/C11H13ClO3S/c1-3-15-11(13)7-16-8-4-5-10(14-2)9(12)6-8/h4-6H,3,7H2,1-2H3. The molecule has 0 radical (unpaired) electrons. The van der Waals surface area contributed by atoms with Gasteiger partial charge in [0.15, 0.2) is 0 Å². The van der Waals surface area contributed by atoms with Gasteiger partial charge in [-0.05, 0) is 25.1 Å². The molecule has 0 aliphatic heterocycles. The van der Waals surface area contributed by atoms with Crippen molar-refractivity contribution in [1.29, 1.82) is 0 Å². The smallest absolute Gasteiger partial charge is 0.316 e. The lowest BCUT2D eigenvalue weighted by Gasteiger charge is -2.05. The van der Waals surface area contributed by atoms with Gasteiger partial charge in [0, 0.05) is 4.90 Å². The van der Waals surface area contributed by atoms with Gasteiger partial charge >= 0.3 is 5.97 Å². The number of rotatable bonds is 5. The van der Waals surface area contributed by atoms with Crippen LogP contribution in [0.15, 0.2) is 23.1 Å². The van der Waals surface area contributed by atoms with Crippen LogP contribution in [0.1, 0.15) is 6.92 Å². The highest BCUT2D eigenvalue weighted by Gasteiger charge is 2.05. The molecule has 0 atom stereocenters. The van der Waals surface area contributed by atoms with Crippen molar-refractivity contribution in [2.45, 2.75) is 11.8 Å². The Balaban J connectivity index is 2.55. The van der Waals surface area contributed by atoms with Crippen LogP contribution in [0.2, 0.25) is 5.02 Å². The summed E-state index contributed by atoms with van der Waals surface area (Å²) < 4.78 is 9.85. The third kappa shape index (κ3) is 3.94. The van der Waals surface area contributed by atoms with E-state index in [0.29, 0.717) is 17.4 Å². The summed E-state index contributed by atoms with van der Waals surface area (Å²) in [5.74, 6) is 0.692. The van der Waals surface area contributed by atoms with Gasteiger partial charge < -0.3 is 9.47 Å². The predicted molar refractivity (Wildman–Crippen MR) is 65.4 cm³/mol. The van der Waals surface area contributed by atoms with E-state index in [4.69, 9.17) is 21.1 Å². The molecule has 1 aromatic carbocycles. The minimum atomic E-state index is -0.223. The van der Waals surface area contributed by atoms with E-state index >= 15 is 0 Å². The molecule has 0 aliphatic carbocycles. The number of esters is 1. The Bertz CT molecular complexity index is 368. The Morgan fingerprint density at radius 1 is 1.50 bits per heavy atom. The maximum atomic E-state index is 11.1. The van der Waals surface area contributed by atoms with Crippen molar-refractivity contribution in [3.05, 3.63) is 23.2 Å². The van der Waals surface area contributed by atoms with Crippen LogP contribution in [0.5, 0.6) is 5.75 Å². The first-order valence-electron chi connectivity index (χ1n) is 4.79. The lowest BCUT2D eigenvalue weighted by Crippen LogP contribution is -2.06. The second-order valence-corrected chi connectivity index (χ2v) is 4.35. The molecule has 0 amide bonds. The molecule has 1 rings (SSSR count). The van der Waals surface area contributed by atoms with Crippen LogP contribution < -0.4 is 4.74 Å². The average Bonchev–Trinajstić information content (AvgIpc) is 2.27. The molecule has 0 saturated heterocycles. The van der Waals surface area contributed by atoms with Crippen LogP contribution in [0.25, 0.3) is 0 Å². The third-order valence-corrected chi connectivity index (χ3v) is 3.05. The average molecular weight is 261 g/mol. The van der Waals surface area contributed by atoms with Gasteiger partial charge in [-0.2, -0.15) is 0 Å². The normalized spacial score (nSPS) is 9.94. The van der Waals surface area contributed by atoms with Crippen molar-refractivity contribution in [3.8, 4) is 5.75 Å². The topological polar surface area (TPSA) is 35.5 Å². The second kappa shape index (κ2) is 6.66. The van der Waals surface area contributed by atoms with Crippen molar-refractivity contribution in [2.24, 2.45) is 0 Å². The summed E-state index contributed by atoms with van der Waals surface area (Å²) in [5, 5.41) is 0.538. The van der Waals surface area contributed by atoms with E-state index in [1.165, 1.54) is 11.8 Å². The molecule has 0 bridgehead atoms. The third-order valence-electron chi connectivity index (χ3n) is 1.79. The van der Waals surface area contributed by atoms with Crippen LogP contribution in [0.4, 0.5) is 0 Å². The lowest BCUT2D eigenvalue weighted by atomic mass is 10.3. The van der Waals surface area contributed by atoms with Crippen molar-refractivity contribution >= 4 is 29.3 Å². The van der Waals surface area contributed by atoms with Crippen molar-refractivity contribution in [1.82, 2.24) is 0 Å². The number of ether oxygens (including phenoxy) is 2. The highest BCUT2D eigenvalue weighted by Crippen LogP contribution is 2.29. The molecule has 0 spiro atoms. The fourth-order valence-electron chi connectivity index (χ4n) is 1.08. The minimum Gasteiger partial charge on any atom is -0.495 e. The molecule has 0 N–H and O–H groups in total. The summed E-state index contributed by atoms with van der Waals surface area (Å²) in [4.78, 5) is 12.0. The first kappa shape index (κ1) is 13.2. The number of hydrogen-bond donors (Lipinski definition) is 0. The number of carbonyl (C=O) groups is 1. The zero-order valence-electron chi connectivity index (χ0n) is 9.16. The Hall–Kier alpha value is -0.870. The Morgan fingerprint density at radius 3 is 2.81 bits per heavy atom. The predicted octanol–water partition coefficient (Wildman–Crippen LogP) is 3.00. The first-order chi connectivity index (χ1) is 7.67. The zero-order chi connectivity index (χ0) is 12.0. The molecule has 0 saturated carbocycles. The summed E-state index contributed by atoms with van der Waals surface area (Å²) in [7, 11) is 1.56. The Labute approximate surface area is 104 Å². The molecule has 0 aromatic heterocycles. The van der Waals surface area contributed by atoms with E-state index in [9.17, 15) is 4.79 Å². The zero-order valence-corrected chi connectivity index (χ0v) is 10.7. The molecule has 0 unspecified atom stereocenters. The van der Waals surface area contributed by atoms with Crippen LogP contribution >= 0.6 is 23.4 Å². The lowest BCUT2D eigenvalue weighted by molar-refractivity contribution is -0.139. The number of benzene rings is 1. The van der Waals surface area contributed by atoms with E-state index in [2.05, 4.69) is 0 Å². The Kier molecular flexibility index (Phi) is 5.49. The molecule has 0 aliphatic rings. The summed E-state index contributed by atoms with van der Waals surface area (Å²) in [6.07, 6.45) is 0. The van der Waals surface area contributed by atoms with E-state index < -0.39 is 0 Å². The summed E-state index contributed by atoms with van der Waals surface area (Å²) >= 11 is 7.34. The van der Waals surface area contributed by atoms with Gasteiger partial charge in [-0.1, -0.05) is 11.6 Å². The highest BCUT2D eigenvalue weighted by molar-refractivity contribution is 8.00. The van der Waals surface area contributed by atoms with Crippen molar-refractivity contribution < 1.29 is 14.3 Å². The SMILES string of the molecule is CCOC(=O)CSc1ccc(OC)c(Cl)c1. The fraction of sp³-hybridized carbons (Fsp3) is 0.364. The number of halogens is 1. The number of carbonyl (C=O) groups excluding carboxylic acids is 1. The van der Waals surface area contributed by atoms with Crippen LogP contribution in [-0.4, -0.2) is 25.4 Å². The summed E-state index contributed by atoms with van der Waals surface area (Å²) in [5.41, 5.74) is 0. The molecule has 0 fully saturated rings. The van der Waals surface area contributed by atoms with E-state index in [1.807, 2.05) is 6.07 Å². The molecule has 88 valence electrons. The molecular weight excluding hydrogens is 248 g/mol. The number of thioether (sulfide) groups is 1. The van der Waals surface area contributed by atoms with Crippen LogP contribution in [0, 0.1) is 0 Å². The highest BCUT2D eigenvalue weighted by atomic mass is 35.5. The van der Waals surface area contributed by atoms with Crippen molar-refractivity contribution in [2.75, 3.05) is 19.5 Å². The van der Waals surface area contributed by atoms with Gasteiger partial charge in [0.05, 0.1) is 24.5 Å². The minimum absolute atomic E-state index is 0.223. The van der Waals surface area contributed by atoms with E-state index in [1.54, 1.807) is 26.2 Å². The quantitative estimate of drug-likeness (QED) is 0.602. The summed E-state index contributed by atoms with van der Waals surface area (Å²) in [6, 6.07) is 5.40. The molecule has 1 aromatic rings. The van der Waals surface area contributed by atoms with Crippen LogP contribution in [0.3, 0.4) is 0 Å². The van der Waals surface area contributed by atoms with Gasteiger partial charge in [-0.25, -0.2) is 0 Å². The van der Waals surface area contributed by atoms with Crippen LogP contribution in [-0.2, 0) is 9.53 Å².